The van der Waals surface area contributed by atoms with Crippen LogP contribution in [0.5, 0.6) is 0 Å². The molecule has 36 heavy (non-hydrogen) atoms. The minimum absolute atomic E-state index is 0.0378. The van der Waals surface area contributed by atoms with E-state index in [4.69, 9.17) is 0 Å². The Hall–Kier alpha value is -2.82. The van der Waals surface area contributed by atoms with Crippen LogP contribution in [-0.4, -0.2) is 75.3 Å². The number of halogens is 1. The summed E-state index contributed by atoms with van der Waals surface area (Å²) in [4.78, 5) is 31.1. The Labute approximate surface area is 211 Å². The minimum atomic E-state index is -3.78. The van der Waals surface area contributed by atoms with Crippen LogP contribution in [0, 0.1) is 5.82 Å². The van der Waals surface area contributed by atoms with E-state index in [-0.39, 0.29) is 29.0 Å². The first-order valence-corrected chi connectivity index (χ1v) is 13.9. The van der Waals surface area contributed by atoms with Gasteiger partial charge in [-0.15, -0.1) is 0 Å². The SMILES string of the molecule is CN(C1CCCCC1)S(=O)(=O)c1ccc2c(c1)C(=O)C(=O)N2CN1CCN(c2ccccc2F)CC1. The van der Waals surface area contributed by atoms with Crippen LogP contribution in [0.4, 0.5) is 15.8 Å². The zero-order valence-electron chi connectivity index (χ0n) is 20.4. The lowest BCUT2D eigenvalue weighted by molar-refractivity contribution is -0.114. The molecule has 1 saturated carbocycles. The number of carbonyl (C=O) groups excluding carboxylic acids is 2. The van der Waals surface area contributed by atoms with E-state index in [1.807, 2.05) is 9.80 Å². The molecule has 2 fully saturated rings. The summed E-state index contributed by atoms with van der Waals surface area (Å²) in [5, 5.41) is 0. The standard InChI is InChI=1S/C26H31FN4O4S/c1-28(19-7-3-2-4-8-19)36(34,35)20-11-12-23-21(17-20)25(32)26(33)31(23)18-29-13-15-30(16-14-29)24-10-6-5-9-22(24)27/h5-6,9-12,17,19H,2-4,7-8,13-16,18H2,1H3. The minimum Gasteiger partial charge on any atom is -0.367 e. The number of ketones is 1. The van der Waals surface area contributed by atoms with Crippen molar-refractivity contribution in [3.63, 3.8) is 0 Å². The maximum atomic E-state index is 14.1. The maximum Gasteiger partial charge on any atom is 0.300 e. The summed E-state index contributed by atoms with van der Waals surface area (Å²) >= 11 is 0. The van der Waals surface area contributed by atoms with E-state index in [1.54, 1.807) is 31.3 Å². The van der Waals surface area contributed by atoms with Crippen molar-refractivity contribution in [2.45, 2.75) is 43.0 Å². The van der Waals surface area contributed by atoms with E-state index in [9.17, 15) is 22.4 Å². The topological polar surface area (TPSA) is 81.2 Å². The second-order valence-corrected chi connectivity index (χ2v) is 11.7. The molecule has 8 nitrogen and oxygen atoms in total. The molecule has 1 amide bonds. The van der Waals surface area contributed by atoms with Gasteiger partial charge in [-0.25, -0.2) is 12.8 Å². The van der Waals surface area contributed by atoms with E-state index in [2.05, 4.69) is 0 Å². The molecule has 0 atom stereocenters. The summed E-state index contributed by atoms with van der Waals surface area (Å²) in [6, 6.07) is 11.0. The van der Waals surface area contributed by atoms with Crippen molar-refractivity contribution in [3.8, 4) is 0 Å². The summed E-state index contributed by atoms with van der Waals surface area (Å²) in [6.07, 6.45) is 4.79. The number of fused-ring (bicyclic) bond motifs is 1. The Morgan fingerprint density at radius 3 is 2.33 bits per heavy atom. The Morgan fingerprint density at radius 2 is 1.64 bits per heavy atom. The third kappa shape index (κ3) is 4.53. The monoisotopic (exact) mass is 514 g/mol. The Bertz CT molecular complexity index is 1270. The molecule has 192 valence electrons. The number of piperazine rings is 1. The zero-order chi connectivity index (χ0) is 25.4. The van der Waals surface area contributed by atoms with Gasteiger partial charge in [0.25, 0.3) is 5.78 Å². The van der Waals surface area contributed by atoms with Gasteiger partial charge in [-0.1, -0.05) is 31.4 Å². The highest BCUT2D eigenvalue weighted by molar-refractivity contribution is 7.89. The number of anilines is 2. The van der Waals surface area contributed by atoms with Gasteiger partial charge in [0.05, 0.1) is 28.5 Å². The van der Waals surface area contributed by atoms with Gasteiger partial charge in [0.15, 0.2) is 0 Å². The second-order valence-electron chi connectivity index (χ2n) is 9.75. The number of Topliss-reactive ketones (excluding diaryl/α,β-unsaturated/α-hetero) is 1. The van der Waals surface area contributed by atoms with Gasteiger partial charge in [0.1, 0.15) is 5.82 Å². The second kappa shape index (κ2) is 9.91. The molecule has 1 saturated heterocycles. The number of carbonyl (C=O) groups is 2. The zero-order valence-corrected chi connectivity index (χ0v) is 21.2. The molecule has 0 aromatic heterocycles. The van der Waals surface area contributed by atoms with Crippen molar-refractivity contribution in [1.29, 1.82) is 0 Å². The Morgan fingerprint density at radius 1 is 0.944 bits per heavy atom. The average molecular weight is 515 g/mol. The summed E-state index contributed by atoms with van der Waals surface area (Å²) in [5.74, 6) is -1.61. The highest BCUT2D eigenvalue weighted by atomic mass is 32.2. The van der Waals surface area contributed by atoms with Crippen LogP contribution >= 0.6 is 0 Å². The summed E-state index contributed by atoms with van der Waals surface area (Å²) < 4.78 is 42.1. The number of sulfonamides is 1. The van der Waals surface area contributed by atoms with Crippen molar-refractivity contribution in [3.05, 3.63) is 53.8 Å². The summed E-state index contributed by atoms with van der Waals surface area (Å²) in [5.41, 5.74) is 1.12. The van der Waals surface area contributed by atoms with Crippen LogP contribution in [0.3, 0.4) is 0 Å². The highest BCUT2D eigenvalue weighted by Gasteiger charge is 2.39. The fraction of sp³-hybridized carbons (Fsp3) is 0.462. The third-order valence-corrected chi connectivity index (χ3v) is 9.52. The van der Waals surface area contributed by atoms with Crippen molar-refractivity contribution in [1.82, 2.24) is 9.21 Å². The summed E-state index contributed by atoms with van der Waals surface area (Å²) in [7, 11) is -2.18. The van der Waals surface area contributed by atoms with Crippen molar-refractivity contribution in [2.24, 2.45) is 0 Å². The number of benzene rings is 2. The van der Waals surface area contributed by atoms with Gasteiger partial charge in [-0.05, 0) is 43.2 Å². The lowest BCUT2D eigenvalue weighted by Gasteiger charge is -2.37. The molecule has 2 aromatic carbocycles. The molecule has 0 unspecified atom stereocenters. The molecule has 0 bridgehead atoms. The van der Waals surface area contributed by atoms with E-state index in [1.165, 1.54) is 27.4 Å². The molecular weight excluding hydrogens is 483 g/mol. The molecule has 0 radical (unpaired) electrons. The molecule has 2 heterocycles. The molecule has 2 aliphatic heterocycles. The van der Waals surface area contributed by atoms with Gasteiger partial charge in [0.2, 0.25) is 10.0 Å². The van der Waals surface area contributed by atoms with Crippen LogP contribution in [-0.2, 0) is 14.8 Å². The van der Waals surface area contributed by atoms with Gasteiger partial charge >= 0.3 is 5.91 Å². The number of hydrogen-bond donors (Lipinski definition) is 0. The van der Waals surface area contributed by atoms with Crippen LogP contribution in [0.15, 0.2) is 47.4 Å². The van der Waals surface area contributed by atoms with Gasteiger partial charge < -0.3 is 4.90 Å². The number of nitrogens with zero attached hydrogens (tertiary/aromatic N) is 4. The molecule has 10 heteroatoms. The summed E-state index contributed by atoms with van der Waals surface area (Å²) in [6.45, 7) is 2.60. The molecule has 0 spiro atoms. The maximum absolute atomic E-state index is 14.1. The fourth-order valence-electron chi connectivity index (χ4n) is 5.43. The number of rotatable bonds is 6. The molecule has 2 aromatic rings. The van der Waals surface area contributed by atoms with E-state index >= 15 is 0 Å². The van der Waals surface area contributed by atoms with Crippen molar-refractivity contribution in [2.75, 3.05) is 49.7 Å². The smallest absolute Gasteiger partial charge is 0.300 e. The normalized spacial score (nSPS) is 19.9. The first kappa shape index (κ1) is 24.9. The van der Waals surface area contributed by atoms with Crippen LogP contribution < -0.4 is 9.80 Å². The average Bonchev–Trinajstić information content (AvgIpc) is 3.14. The van der Waals surface area contributed by atoms with Gasteiger partial charge in [0, 0.05) is 39.3 Å². The number of para-hydroxylation sites is 1. The molecule has 1 aliphatic carbocycles. The van der Waals surface area contributed by atoms with Crippen molar-refractivity contribution >= 4 is 33.1 Å². The van der Waals surface area contributed by atoms with Gasteiger partial charge in [-0.2, -0.15) is 4.31 Å². The van der Waals surface area contributed by atoms with E-state index in [0.717, 1.165) is 32.1 Å². The van der Waals surface area contributed by atoms with Crippen LogP contribution in [0.2, 0.25) is 0 Å². The first-order valence-electron chi connectivity index (χ1n) is 12.5. The number of amides is 1. The lowest BCUT2D eigenvalue weighted by Crippen LogP contribution is -2.51. The fourth-order valence-corrected chi connectivity index (χ4v) is 6.87. The predicted molar refractivity (Wildman–Crippen MR) is 135 cm³/mol. The largest absolute Gasteiger partial charge is 0.367 e. The Balaban J connectivity index is 1.30. The molecular formula is C26H31FN4O4S. The van der Waals surface area contributed by atoms with Gasteiger partial charge in [-0.3, -0.25) is 19.4 Å². The van der Waals surface area contributed by atoms with Crippen molar-refractivity contribution < 1.29 is 22.4 Å². The molecule has 0 N–H and O–H groups in total. The molecule has 3 aliphatic rings. The highest BCUT2D eigenvalue weighted by Crippen LogP contribution is 2.33. The van der Waals surface area contributed by atoms with Crippen LogP contribution in [0.25, 0.3) is 0 Å². The lowest BCUT2D eigenvalue weighted by atomic mass is 9.96. The van der Waals surface area contributed by atoms with E-state index in [0.29, 0.717) is 37.6 Å². The molecule has 5 rings (SSSR count). The predicted octanol–water partition coefficient (Wildman–Crippen LogP) is 3.09. The number of hydrogen-bond acceptors (Lipinski definition) is 6. The first-order chi connectivity index (χ1) is 17.3. The Kier molecular flexibility index (Phi) is 6.84. The quantitative estimate of drug-likeness (QED) is 0.551. The van der Waals surface area contributed by atoms with E-state index < -0.39 is 21.7 Å². The third-order valence-electron chi connectivity index (χ3n) is 7.62. The van der Waals surface area contributed by atoms with Crippen LogP contribution in [0.1, 0.15) is 42.5 Å².